The molecule has 0 bridgehead atoms. The van der Waals surface area contributed by atoms with Crippen molar-refractivity contribution in [3.63, 3.8) is 0 Å². The Labute approximate surface area is 108 Å². The van der Waals surface area contributed by atoms with Crippen LogP contribution >= 0.6 is 0 Å². The summed E-state index contributed by atoms with van der Waals surface area (Å²) in [6.45, 7) is 10.1. The van der Waals surface area contributed by atoms with Gasteiger partial charge in [0.1, 0.15) is 0 Å². The number of carboxylic acid groups (broad SMARTS) is 1. The van der Waals surface area contributed by atoms with Crippen LogP contribution in [0.4, 0.5) is 0 Å². The molecule has 4 nitrogen and oxygen atoms in total. The number of carbonyl (C=O) groups is 2. The van der Waals surface area contributed by atoms with Crippen molar-refractivity contribution in [1.29, 1.82) is 0 Å². The lowest BCUT2D eigenvalue weighted by Crippen LogP contribution is -2.17. The van der Waals surface area contributed by atoms with Crippen LogP contribution in [0.25, 0.3) is 0 Å². The summed E-state index contributed by atoms with van der Waals surface area (Å²) in [7, 11) is 0. The van der Waals surface area contributed by atoms with Gasteiger partial charge in [0.2, 0.25) is 0 Å². The number of carbonyl (C=O) groups excluding carboxylic acids is 1. The summed E-state index contributed by atoms with van der Waals surface area (Å²) in [5.74, 6) is -1.70. The number of aliphatic carboxylic acids is 1. The van der Waals surface area contributed by atoms with E-state index in [0.717, 1.165) is 0 Å². The molecule has 0 aliphatic heterocycles. The van der Waals surface area contributed by atoms with Gasteiger partial charge in [0.15, 0.2) is 0 Å². The number of hydrogen-bond donors (Lipinski definition) is 1. The first-order chi connectivity index (χ1) is 8.05. The standard InChI is InChI=1S/C14H22O4/c1-13(2,3)8-18-10(15)7-6-9-11(12(16)17)14(9,4)5/h6-7,9,11H,8H2,1-5H3,(H,16,17)/b7-6-/t9-,11-/m0/s1. The normalized spacial score (nSPS) is 26.1. The average Bonchev–Trinajstić information content (AvgIpc) is 2.73. The number of hydrogen-bond acceptors (Lipinski definition) is 3. The summed E-state index contributed by atoms with van der Waals surface area (Å²) in [4.78, 5) is 22.4. The quantitative estimate of drug-likeness (QED) is 0.618. The molecule has 0 aromatic heterocycles. The lowest BCUT2D eigenvalue weighted by atomic mass is 9.99. The molecule has 0 aromatic rings. The Bertz CT molecular complexity index is 374. The molecule has 0 spiro atoms. The van der Waals surface area contributed by atoms with Crippen molar-refractivity contribution in [2.45, 2.75) is 34.6 Å². The van der Waals surface area contributed by atoms with Crippen LogP contribution in [-0.2, 0) is 14.3 Å². The van der Waals surface area contributed by atoms with Crippen LogP contribution in [0.5, 0.6) is 0 Å². The van der Waals surface area contributed by atoms with E-state index in [0.29, 0.717) is 6.61 Å². The second-order valence-corrected chi connectivity index (χ2v) is 6.69. The minimum Gasteiger partial charge on any atom is -0.481 e. The molecule has 102 valence electrons. The van der Waals surface area contributed by atoms with Crippen molar-refractivity contribution in [1.82, 2.24) is 0 Å². The van der Waals surface area contributed by atoms with Gasteiger partial charge in [0.05, 0.1) is 12.5 Å². The van der Waals surface area contributed by atoms with E-state index in [1.54, 1.807) is 6.08 Å². The minimum absolute atomic E-state index is 0.0635. The zero-order valence-corrected chi connectivity index (χ0v) is 11.7. The highest BCUT2D eigenvalue weighted by atomic mass is 16.5. The predicted octanol–water partition coefficient (Wildman–Crippen LogP) is 2.49. The van der Waals surface area contributed by atoms with E-state index in [2.05, 4.69) is 0 Å². The fourth-order valence-corrected chi connectivity index (χ4v) is 2.03. The summed E-state index contributed by atoms with van der Waals surface area (Å²) >= 11 is 0. The Hall–Kier alpha value is -1.32. The van der Waals surface area contributed by atoms with Gasteiger partial charge in [-0.15, -0.1) is 0 Å². The molecular weight excluding hydrogens is 232 g/mol. The highest BCUT2D eigenvalue weighted by Gasteiger charge is 2.60. The third kappa shape index (κ3) is 3.59. The van der Waals surface area contributed by atoms with Gasteiger partial charge in [0, 0.05) is 6.08 Å². The van der Waals surface area contributed by atoms with E-state index in [1.807, 2.05) is 34.6 Å². The van der Waals surface area contributed by atoms with Crippen LogP contribution in [-0.4, -0.2) is 23.7 Å². The van der Waals surface area contributed by atoms with Gasteiger partial charge < -0.3 is 9.84 Å². The summed E-state index contributed by atoms with van der Waals surface area (Å²) in [6, 6.07) is 0. The number of rotatable bonds is 4. The first-order valence-electron chi connectivity index (χ1n) is 6.13. The van der Waals surface area contributed by atoms with Crippen molar-refractivity contribution >= 4 is 11.9 Å². The van der Waals surface area contributed by atoms with Crippen molar-refractivity contribution < 1.29 is 19.4 Å². The lowest BCUT2D eigenvalue weighted by Gasteiger charge is -2.16. The third-order valence-corrected chi connectivity index (χ3v) is 3.26. The molecule has 1 aliphatic carbocycles. The maximum absolute atomic E-state index is 11.5. The van der Waals surface area contributed by atoms with E-state index in [-0.39, 0.29) is 16.7 Å². The number of carboxylic acids is 1. The summed E-state index contributed by atoms with van der Waals surface area (Å²) in [6.07, 6.45) is 3.00. The smallest absolute Gasteiger partial charge is 0.330 e. The van der Waals surface area contributed by atoms with Crippen LogP contribution in [0.1, 0.15) is 34.6 Å². The number of ether oxygens (including phenoxy) is 1. The van der Waals surface area contributed by atoms with Crippen LogP contribution < -0.4 is 0 Å². The van der Waals surface area contributed by atoms with Gasteiger partial charge >= 0.3 is 11.9 Å². The number of allylic oxidation sites excluding steroid dienone is 1. The highest BCUT2D eigenvalue weighted by molar-refractivity contribution is 5.83. The SMILES string of the molecule is CC(C)(C)COC(=O)/C=C\[C@H]1[C@@H](C(=O)O)C1(C)C. The largest absolute Gasteiger partial charge is 0.481 e. The van der Waals surface area contributed by atoms with Crippen molar-refractivity contribution in [3.8, 4) is 0 Å². The first kappa shape index (κ1) is 14.7. The molecule has 0 heterocycles. The lowest BCUT2D eigenvalue weighted by molar-refractivity contribution is -0.141. The van der Waals surface area contributed by atoms with Gasteiger partial charge in [-0.3, -0.25) is 4.79 Å². The minimum atomic E-state index is -0.808. The summed E-state index contributed by atoms with van der Waals surface area (Å²) in [5, 5.41) is 8.98. The van der Waals surface area contributed by atoms with Gasteiger partial charge in [-0.25, -0.2) is 4.79 Å². The molecular formula is C14H22O4. The van der Waals surface area contributed by atoms with Crippen molar-refractivity contribution in [2.24, 2.45) is 22.7 Å². The Balaban J connectivity index is 2.47. The second-order valence-electron chi connectivity index (χ2n) is 6.69. The van der Waals surface area contributed by atoms with Crippen LogP contribution in [0.2, 0.25) is 0 Å². The molecule has 0 unspecified atom stereocenters. The second kappa shape index (κ2) is 4.75. The average molecular weight is 254 g/mol. The molecule has 18 heavy (non-hydrogen) atoms. The van der Waals surface area contributed by atoms with E-state index in [1.165, 1.54) is 6.08 Å². The van der Waals surface area contributed by atoms with Gasteiger partial charge in [-0.05, 0) is 16.7 Å². The summed E-state index contributed by atoms with van der Waals surface area (Å²) < 4.78 is 5.08. The van der Waals surface area contributed by atoms with E-state index < -0.39 is 17.9 Å². The topological polar surface area (TPSA) is 63.6 Å². The van der Waals surface area contributed by atoms with E-state index in [9.17, 15) is 9.59 Å². The summed E-state index contributed by atoms with van der Waals surface area (Å²) in [5.41, 5.74) is -0.335. The molecule has 1 N–H and O–H groups in total. The fourth-order valence-electron chi connectivity index (χ4n) is 2.03. The molecule has 0 saturated heterocycles. The first-order valence-corrected chi connectivity index (χ1v) is 6.13. The third-order valence-electron chi connectivity index (χ3n) is 3.26. The van der Waals surface area contributed by atoms with Crippen LogP contribution in [0.15, 0.2) is 12.2 Å². The molecule has 2 atom stereocenters. The zero-order valence-electron chi connectivity index (χ0n) is 11.7. The maximum atomic E-state index is 11.5. The van der Waals surface area contributed by atoms with E-state index in [4.69, 9.17) is 9.84 Å². The predicted molar refractivity (Wildman–Crippen MR) is 68.0 cm³/mol. The number of esters is 1. The molecule has 0 aromatic carbocycles. The molecule has 1 aliphatic rings. The molecule has 1 fully saturated rings. The van der Waals surface area contributed by atoms with Gasteiger partial charge in [-0.2, -0.15) is 0 Å². The Morgan fingerprint density at radius 1 is 1.33 bits per heavy atom. The Morgan fingerprint density at radius 3 is 2.28 bits per heavy atom. The molecule has 0 radical (unpaired) electrons. The Kier molecular flexibility index (Phi) is 3.89. The fraction of sp³-hybridized carbons (Fsp3) is 0.714. The molecule has 4 heteroatoms. The molecule has 1 saturated carbocycles. The Morgan fingerprint density at radius 2 is 1.89 bits per heavy atom. The van der Waals surface area contributed by atoms with Crippen molar-refractivity contribution in [3.05, 3.63) is 12.2 Å². The molecule has 1 rings (SSSR count). The van der Waals surface area contributed by atoms with E-state index >= 15 is 0 Å². The van der Waals surface area contributed by atoms with Crippen molar-refractivity contribution in [2.75, 3.05) is 6.61 Å². The van der Waals surface area contributed by atoms with Crippen LogP contribution in [0, 0.1) is 22.7 Å². The van der Waals surface area contributed by atoms with Gasteiger partial charge in [-0.1, -0.05) is 40.7 Å². The van der Waals surface area contributed by atoms with Gasteiger partial charge in [0.25, 0.3) is 0 Å². The molecule has 0 amide bonds. The van der Waals surface area contributed by atoms with Crippen LogP contribution in [0.3, 0.4) is 0 Å². The highest BCUT2D eigenvalue weighted by Crippen LogP contribution is 2.58. The maximum Gasteiger partial charge on any atom is 0.330 e. The zero-order chi connectivity index (χ0) is 14.1. The monoisotopic (exact) mass is 254 g/mol.